The monoisotopic (exact) mass is 386 g/mol. The highest BCUT2D eigenvalue weighted by molar-refractivity contribution is 5.81. The molecule has 0 saturated carbocycles. The van der Waals surface area contributed by atoms with Gasteiger partial charge in [0.15, 0.2) is 6.04 Å². The third-order valence-electron chi connectivity index (χ3n) is 5.79. The van der Waals surface area contributed by atoms with E-state index in [4.69, 9.17) is 0 Å². The van der Waals surface area contributed by atoms with E-state index >= 15 is 0 Å². The molecule has 4 nitrogen and oxygen atoms in total. The van der Waals surface area contributed by atoms with Crippen molar-refractivity contribution in [1.29, 1.82) is 0 Å². The van der Waals surface area contributed by atoms with E-state index < -0.39 is 10.7 Å². The summed E-state index contributed by atoms with van der Waals surface area (Å²) < 4.78 is -0.561. The first kappa shape index (κ1) is 19.4. The zero-order valence-corrected chi connectivity index (χ0v) is 16.6. The van der Waals surface area contributed by atoms with Gasteiger partial charge in [-0.1, -0.05) is 84.9 Å². The van der Waals surface area contributed by atoms with Crippen molar-refractivity contribution in [2.24, 2.45) is 0 Å². The molecule has 3 aromatic rings. The van der Waals surface area contributed by atoms with Crippen LogP contribution in [-0.4, -0.2) is 16.6 Å². The number of rotatable bonds is 5. The summed E-state index contributed by atoms with van der Waals surface area (Å²) in [5.74, 6) is -0.179. The number of benzene rings is 3. The Labute approximate surface area is 172 Å². The van der Waals surface area contributed by atoms with Gasteiger partial charge < -0.3 is 15.2 Å². The summed E-state index contributed by atoms with van der Waals surface area (Å²) >= 11 is 0. The first-order chi connectivity index (χ1) is 14.0. The van der Waals surface area contributed by atoms with E-state index in [0.29, 0.717) is 13.0 Å². The van der Waals surface area contributed by atoms with Crippen LogP contribution in [0, 0.1) is 5.21 Å². The number of nitrogens with one attached hydrogen (secondary N) is 1. The number of carbonyl (C=O) groups excluding carboxylic acids is 1. The summed E-state index contributed by atoms with van der Waals surface area (Å²) in [4.78, 5) is 13.3. The largest absolute Gasteiger partial charge is 0.632 e. The Balaban J connectivity index is 1.61. The Morgan fingerprint density at radius 1 is 0.966 bits per heavy atom. The third kappa shape index (κ3) is 4.24. The summed E-state index contributed by atoms with van der Waals surface area (Å²) in [6.07, 6.45) is 0.458. The highest BCUT2D eigenvalue weighted by atomic mass is 16.5. The molecule has 0 radical (unpaired) electrons. The Bertz CT molecular complexity index is 974. The molecule has 148 valence electrons. The molecule has 29 heavy (non-hydrogen) atoms. The van der Waals surface area contributed by atoms with Gasteiger partial charge in [-0.2, -0.15) is 0 Å². The van der Waals surface area contributed by atoms with Crippen LogP contribution in [0.4, 0.5) is 0 Å². The first-order valence-corrected chi connectivity index (χ1v) is 10.1. The molecule has 1 aliphatic heterocycles. The van der Waals surface area contributed by atoms with Crippen molar-refractivity contribution in [3.05, 3.63) is 112 Å². The van der Waals surface area contributed by atoms with Crippen molar-refractivity contribution < 1.29 is 9.44 Å². The Morgan fingerprint density at radius 3 is 2.24 bits per heavy atom. The zero-order chi connectivity index (χ0) is 20.3. The van der Waals surface area contributed by atoms with Gasteiger partial charge in [-0.3, -0.25) is 4.79 Å². The number of quaternary nitrogens is 1. The maximum Gasteiger partial charge on any atom is 0.279 e. The topological polar surface area (TPSA) is 52.2 Å². The lowest BCUT2D eigenvalue weighted by Gasteiger charge is -2.51. The lowest BCUT2D eigenvalue weighted by atomic mass is 9.92. The average molecular weight is 386 g/mol. The van der Waals surface area contributed by atoms with Crippen LogP contribution in [0.15, 0.2) is 84.9 Å². The summed E-state index contributed by atoms with van der Waals surface area (Å²) in [6, 6.07) is 26.7. The molecule has 1 aliphatic rings. The molecule has 0 bridgehead atoms. The van der Waals surface area contributed by atoms with Crippen molar-refractivity contribution >= 4 is 5.91 Å². The van der Waals surface area contributed by atoms with E-state index in [9.17, 15) is 10.0 Å². The van der Waals surface area contributed by atoms with Gasteiger partial charge in [-0.25, -0.2) is 0 Å². The van der Waals surface area contributed by atoms with Gasteiger partial charge in [0.25, 0.3) is 5.91 Å². The fraction of sp³-hybridized carbons (Fsp3) is 0.240. The van der Waals surface area contributed by atoms with Crippen LogP contribution in [0.3, 0.4) is 0 Å². The lowest BCUT2D eigenvalue weighted by molar-refractivity contribution is -0.924. The van der Waals surface area contributed by atoms with Crippen molar-refractivity contribution in [1.82, 2.24) is 5.32 Å². The highest BCUT2D eigenvalue weighted by Gasteiger charge is 2.40. The number of carbonyl (C=O) groups is 1. The Morgan fingerprint density at radius 2 is 1.55 bits per heavy atom. The molecular formula is C25H26N2O2. The van der Waals surface area contributed by atoms with Gasteiger partial charge in [0, 0.05) is 17.5 Å². The molecule has 0 unspecified atom stereocenters. The number of fused-ring (bicyclic) bond motifs is 1. The second-order valence-corrected chi connectivity index (χ2v) is 7.88. The molecule has 1 heterocycles. The fourth-order valence-corrected chi connectivity index (χ4v) is 4.18. The van der Waals surface area contributed by atoms with E-state index in [0.717, 1.165) is 22.3 Å². The predicted molar refractivity (Wildman–Crippen MR) is 114 cm³/mol. The highest BCUT2D eigenvalue weighted by Crippen LogP contribution is 2.32. The number of hydrogen-bond donors (Lipinski definition) is 1. The van der Waals surface area contributed by atoms with E-state index in [1.165, 1.54) is 0 Å². The first-order valence-electron chi connectivity index (χ1n) is 10.1. The molecule has 1 amide bonds. The molecule has 3 atom stereocenters. The van der Waals surface area contributed by atoms with Crippen LogP contribution in [0.25, 0.3) is 0 Å². The second-order valence-electron chi connectivity index (χ2n) is 7.88. The minimum Gasteiger partial charge on any atom is -0.632 e. The summed E-state index contributed by atoms with van der Waals surface area (Å²) in [6.45, 7) is 2.55. The van der Waals surface area contributed by atoms with Crippen molar-refractivity contribution in [3.63, 3.8) is 0 Å². The Hall–Kier alpha value is -2.95. The number of hydrogen-bond acceptors (Lipinski definition) is 2. The molecule has 4 rings (SSSR count). The summed E-state index contributed by atoms with van der Waals surface area (Å²) in [5, 5.41) is 17.1. The minimum absolute atomic E-state index is 0.147. The van der Waals surface area contributed by atoms with Crippen LogP contribution >= 0.6 is 0 Å². The molecule has 1 N–H and O–H groups in total. The van der Waals surface area contributed by atoms with Gasteiger partial charge in [0.1, 0.15) is 13.1 Å². The summed E-state index contributed by atoms with van der Waals surface area (Å²) in [7, 11) is 0. The van der Waals surface area contributed by atoms with Crippen LogP contribution in [0.5, 0.6) is 0 Å². The normalized spacial score (nSPS) is 21.8. The van der Waals surface area contributed by atoms with E-state index in [-0.39, 0.29) is 18.5 Å². The molecule has 0 aromatic heterocycles. The van der Waals surface area contributed by atoms with Crippen molar-refractivity contribution in [2.75, 3.05) is 0 Å². The van der Waals surface area contributed by atoms with Crippen molar-refractivity contribution in [3.8, 4) is 0 Å². The van der Waals surface area contributed by atoms with Crippen LogP contribution in [-0.2, 0) is 24.3 Å². The third-order valence-corrected chi connectivity index (χ3v) is 5.79. The molecule has 0 fully saturated rings. The number of hydroxylamine groups is 3. The Kier molecular flexibility index (Phi) is 5.47. The van der Waals surface area contributed by atoms with E-state index in [1.807, 2.05) is 91.9 Å². The predicted octanol–water partition coefficient (Wildman–Crippen LogP) is 4.50. The van der Waals surface area contributed by atoms with E-state index in [2.05, 4.69) is 5.32 Å². The molecular weight excluding hydrogens is 360 g/mol. The van der Waals surface area contributed by atoms with Gasteiger partial charge in [0.05, 0.1) is 6.04 Å². The van der Waals surface area contributed by atoms with Crippen molar-refractivity contribution in [2.45, 2.75) is 38.5 Å². The standard InChI is InChI=1S/C25H26N2O2/c1-19(21-12-6-3-7-13-21)26-25(28)24-16-22-14-8-9-15-23(22)18-27(24,29)17-20-10-4-2-5-11-20/h2-15,19,24H,16-18H2,1H3,(H,26,28)/t19-,24+,27+/m1/s1. The number of nitrogens with zero attached hydrogens (tertiary/aromatic N) is 1. The number of amides is 1. The van der Waals surface area contributed by atoms with E-state index in [1.54, 1.807) is 0 Å². The zero-order valence-electron chi connectivity index (χ0n) is 16.6. The van der Waals surface area contributed by atoms with Gasteiger partial charge >= 0.3 is 0 Å². The molecule has 0 aliphatic carbocycles. The second kappa shape index (κ2) is 8.19. The van der Waals surface area contributed by atoms with Crippen LogP contribution < -0.4 is 5.32 Å². The maximum atomic E-state index is 14.0. The lowest BCUT2D eigenvalue weighted by Crippen LogP contribution is -2.59. The maximum absolute atomic E-state index is 14.0. The average Bonchev–Trinajstić information content (AvgIpc) is 2.74. The molecule has 0 saturated heterocycles. The quantitative estimate of drug-likeness (QED) is 0.518. The molecule has 4 heteroatoms. The van der Waals surface area contributed by atoms with Crippen LogP contribution in [0.1, 0.15) is 35.2 Å². The van der Waals surface area contributed by atoms with Gasteiger partial charge in [0.2, 0.25) is 0 Å². The van der Waals surface area contributed by atoms with Gasteiger partial charge in [-0.05, 0) is 18.1 Å². The fourth-order valence-electron chi connectivity index (χ4n) is 4.18. The minimum atomic E-state index is -0.670. The molecule has 0 spiro atoms. The molecule has 3 aromatic carbocycles. The SMILES string of the molecule is C[C@@H](NC(=O)[C@@H]1Cc2ccccc2C[N@@+]1([O-])Cc1ccccc1)c1ccccc1. The summed E-state index contributed by atoms with van der Waals surface area (Å²) in [5.41, 5.74) is 4.12. The smallest absolute Gasteiger partial charge is 0.279 e. The van der Waals surface area contributed by atoms with Crippen LogP contribution in [0.2, 0.25) is 0 Å². The van der Waals surface area contributed by atoms with Gasteiger partial charge in [-0.15, -0.1) is 0 Å².